The van der Waals surface area contributed by atoms with Gasteiger partial charge in [0.15, 0.2) is 0 Å². The molecule has 1 N–H and O–H groups in total. The van der Waals surface area contributed by atoms with Gasteiger partial charge in [-0.1, -0.05) is 24.3 Å². The number of likely N-dealkylation sites (N-methyl/N-ethyl adjacent to an activating group) is 1. The van der Waals surface area contributed by atoms with Crippen molar-refractivity contribution in [1.82, 2.24) is 19.6 Å². The lowest BCUT2D eigenvalue weighted by Gasteiger charge is -2.25. The Balaban J connectivity index is 1.63. The summed E-state index contributed by atoms with van der Waals surface area (Å²) in [5.41, 5.74) is 2.71. The third-order valence-corrected chi connectivity index (χ3v) is 4.50. The van der Waals surface area contributed by atoms with Crippen LogP contribution < -0.4 is 5.32 Å². The van der Waals surface area contributed by atoms with Crippen molar-refractivity contribution in [3.8, 4) is 0 Å². The molecule has 2 amide bonds. The minimum absolute atomic E-state index is 0.184. The van der Waals surface area contributed by atoms with E-state index in [-0.39, 0.29) is 11.8 Å². The topological polar surface area (TPSA) is 53.4 Å². The van der Waals surface area contributed by atoms with Gasteiger partial charge in [-0.2, -0.15) is 5.10 Å². The summed E-state index contributed by atoms with van der Waals surface area (Å²) in [7, 11) is 3.93. The molecule has 1 aromatic heterocycles. The van der Waals surface area contributed by atoms with Gasteiger partial charge in [0.2, 0.25) is 0 Å². The smallest absolute Gasteiger partial charge is 0.319 e. The molecule has 0 fully saturated rings. The zero-order chi connectivity index (χ0) is 20.6. The number of nitrogens with one attached hydrogen (secondary N) is 1. The highest BCUT2D eigenvalue weighted by Crippen LogP contribution is 2.13. The summed E-state index contributed by atoms with van der Waals surface area (Å²) in [6, 6.07) is 15.7. The molecule has 29 heavy (non-hydrogen) atoms. The molecule has 0 saturated carbocycles. The van der Waals surface area contributed by atoms with E-state index in [0.717, 1.165) is 23.4 Å². The van der Waals surface area contributed by atoms with Crippen LogP contribution >= 0.6 is 0 Å². The fraction of sp³-hybridized carbons (Fsp3) is 0.273. The third-order valence-electron chi connectivity index (χ3n) is 4.50. The van der Waals surface area contributed by atoms with Crippen molar-refractivity contribution < 1.29 is 9.18 Å². The first kappa shape index (κ1) is 20.5. The molecule has 7 heteroatoms. The van der Waals surface area contributed by atoms with E-state index in [4.69, 9.17) is 0 Å². The van der Waals surface area contributed by atoms with Crippen LogP contribution in [0, 0.1) is 5.82 Å². The zero-order valence-electron chi connectivity index (χ0n) is 16.8. The van der Waals surface area contributed by atoms with Gasteiger partial charge >= 0.3 is 6.03 Å². The molecule has 3 rings (SSSR count). The molecule has 0 spiro atoms. The lowest BCUT2D eigenvalue weighted by atomic mass is 10.2. The van der Waals surface area contributed by atoms with Gasteiger partial charge in [-0.05, 0) is 55.6 Å². The first-order valence-electron chi connectivity index (χ1n) is 9.51. The molecule has 6 nitrogen and oxygen atoms in total. The van der Waals surface area contributed by atoms with Crippen LogP contribution in [0.2, 0.25) is 0 Å². The first-order valence-corrected chi connectivity index (χ1v) is 9.51. The highest BCUT2D eigenvalue weighted by molar-refractivity contribution is 5.89. The van der Waals surface area contributed by atoms with E-state index in [1.807, 2.05) is 60.2 Å². The Morgan fingerprint density at radius 2 is 1.72 bits per heavy atom. The summed E-state index contributed by atoms with van der Waals surface area (Å²) in [4.78, 5) is 16.6. The Kier molecular flexibility index (Phi) is 6.97. The zero-order valence-corrected chi connectivity index (χ0v) is 16.8. The minimum Gasteiger partial charge on any atom is -0.319 e. The van der Waals surface area contributed by atoms with E-state index in [1.54, 1.807) is 23.2 Å². The molecular formula is C22H26FN5O. The Morgan fingerprint density at radius 1 is 1.03 bits per heavy atom. The summed E-state index contributed by atoms with van der Waals surface area (Å²) >= 11 is 0. The molecule has 1 heterocycles. The lowest BCUT2D eigenvalue weighted by Crippen LogP contribution is -2.39. The van der Waals surface area contributed by atoms with E-state index in [9.17, 15) is 9.18 Å². The molecule has 0 unspecified atom stereocenters. The Hall–Kier alpha value is -3.19. The molecule has 152 valence electrons. The Bertz CT molecular complexity index is 892. The Labute approximate surface area is 170 Å². The van der Waals surface area contributed by atoms with Crippen molar-refractivity contribution in [2.24, 2.45) is 0 Å². The van der Waals surface area contributed by atoms with Gasteiger partial charge in [-0.25, -0.2) is 9.18 Å². The normalized spacial score (nSPS) is 10.9. The van der Waals surface area contributed by atoms with Crippen molar-refractivity contribution in [2.75, 3.05) is 32.5 Å². The number of halogens is 1. The van der Waals surface area contributed by atoms with Gasteiger partial charge in [0, 0.05) is 37.7 Å². The Morgan fingerprint density at radius 3 is 2.34 bits per heavy atom. The standard InChI is InChI=1S/C22H26FN5O/c1-26(2)14-15-27(16-18-4-8-20(23)9-5-18)22(29)25-21-10-6-19(7-11-21)17-28-13-3-12-24-28/h3-13H,14-17H2,1-2H3,(H,25,29). The average Bonchev–Trinajstić information content (AvgIpc) is 3.21. The fourth-order valence-corrected chi connectivity index (χ4v) is 2.86. The molecule has 0 bridgehead atoms. The van der Waals surface area contributed by atoms with E-state index in [0.29, 0.717) is 19.6 Å². The summed E-state index contributed by atoms with van der Waals surface area (Å²) in [6.45, 7) is 2.39. The maximum atomic E-state index is 13.2. The van der Waals surface area contributed by atoms with Crippen molar-refractivity contribution in [3.63, 3.8) is 0 Å². The first-order chi connectivity index (χ1) is 14.0. The number of hydrogen-bond donors (Lipinski definition) is 1. The number of urea groups is 1. The van der Waals surface area contributed by atoms with E-state index >= 15 is 0 Å². The third kappa shape index (κ3) is 6.43. The van der Waals surface area contributed by atoms with Crippen LogP contribution in [0.4, 0.5) is 14.9 Å². The number of nitrogens with zero attached hydrogens (tertiary/aromatic N) is 4. The van der Waals surface area contributed by atoms with Crippen molar-refractivity contribution in [2.45, 2.75) is 13.1 Å². The molecule has 0 atom stereocenters. The van der Waals surface area contributed by atoms with Crippen LogP contribution in [0.3, 0.4) is 0 Å². The average molecular weight is 395 g/mol. The SMILES string of the molecule is CN(C)CCN(Cc1ccc(F)cc1)C(=O)Nc1ccc(Cn2cccn2)cc1. The van der Waals surface area contributed by atoms with Gasteiger partial charge in [0.25, 0.3) is 0 Å². The largest absolute Gasteiger partial charge is 0.322 e. The number of benzene rings is 2. The van der Waals surface area contributed by atoms with E-state index in [2.05, 4.69) is 10.4 Å². The van der Waals surface area contributed by atoms with Crippen LogP contribution in [0.25, 0.3) is 0 Å². The van der Waals surface area contributed by atoms with Gasteiger partial charge < -0.3 is 15.1 Å². The minimum atomic E-state index is -0.284. The van der Waals surface area contributed by atoms with Crippen LogP contribution in [0.1, 0.15) is 11.1 Å². The van der Waals surface area contributed by atoms with Crippen molar-refractivity contribution in [3.05, 3.63) is 83.9 Å². The summed E-state index contributed by atoms with van der Waals surface area (Å²) in [5.74, 6) is -0.284. The monoisotopic (exact) mass is 395 g/mol. The number of amides is 2. The van der Waals surface area contributed by atoms with Gasteiger partial charge in [0.05, 0.1) is 6.54 Å². The molecule has 0 radical (unpaired) electrons. The maximum absolute atomic E-state index is 13.2. The number of carbonyl (C=O) groups excluding carboxylic acids is 1. The van der Waals surface area contributed by atoms with Crippen molar-refractivity contribution >= 4 is 11.7 Å². The number of hydrogen-bond acceptors (Lipinski definition) is 3. The van der Waals surface area contributed by atoms with Crippen LogP contribution in [0.5, 0.6) is 0 Å². The maximum Gasteiger partial charge on any atom is 0.322 e. The molecule has 0 aliphatic carbocycles. The molecule has 0 aliphatic rings. The van der Waals surface area contributed by atoms with Gasteiger partial charge in [-0.3, -0.25) is 4.68 Å². The number of anilines is 1. The predicted molar refractivity (Wildman–Crippen MR) is 112 cm³/mol. The number of rotatable bonds is 8. The highest BCUT2D eigenvalue weighted by Gasteiger charge is 2.15. The molecule has 2 aromatic carbocycles. The molecule has 0 saturated heterocycles. The molecule has 3 aromatic rings. The summed E-state index contributed by atoms with van der Waals surface area (Å²) in [6.07, 6.45) is 3.66. The molecule has 0 aliphatic heterocycles. The van der Waals surface area contributed by atoms with E-state index in [1.165, 1.54) is 12.1 Å². The fourth-order valence-electron chi connectivity index (χ4n) is 2.86. The number of aromatic nitrogens is 2. The van der Waals surface area contributed by atoms with Crippen LogP contribution in [-0.2, 0) is 13.1 Å². The second kappa shape index (κ2) is 9.84. The lowest BCUT2D eigenvalue weighted by molar-refractivity contribution is 0.202. The van der Waals surface area contributed by atoms with E-state index < -0.39 is 0 Å². The molecular weight excluding hydrogens is 369 g/mol. The van der Waals surface area contributed by atoms with Gasteiger partial charge in [0.1, 0.15) is 5.82 Å². The second-order valence-electron chi connectivity index (χ2n) is 7.18. The number of carbonyl (C=O) groups is 1. The summed E-state index contributed by atoms with van der Waals surface area (Å²) in [5, 5.41) is 7.15. The van der Waals surface area contributed by atoms with Crippen LogP contribution in [0.15, 0.2) is 67.0 Å². The van der Waals surface area contributed by atoms with Gasteiger partial charge in [-0.15, -0.1) is 0 Å². The predicted octanol–water partition coefficient (Wildman–Crippen LogP) is 3.67. The second-order valence-corrected chi connectivity index (χ2v) is 7.18. The van der Waals surface area contributed by atoms with Crippen molar-refractivity contribution in [1.29, 1.82) is 0 Å². The van der Waals surface area contributed by atoms with Crippen LogP contribution in [-0.4, -0.2) is 52.8 Å². The quantitative estimate of drug-likeness (QED) is 0.633. The highest BCUT2D eigenvalue weighted by atomic mass is 19.1. The summed E-state index contributed by atoms with van der Waals surface area (Å²) < 4.78 is 15.0.